The first kappa shape index (κ1) is 43.2. The summed E-state index contributed by atoms with van der Waals surface area (Å²) in [6.45, 7) is 7.84. The lowest BCUT2D eigenvalue weighted by atomic mass is 9.55. The van der Waals surface area contributed by atoms with Crippen LogP contribution in [0.5, 0.6) is 23.0 Å². The van der Waals surface area contributed by atoms with E-state index in [4.69, 9.17) is 33.7 Å². The highest BCUT2D eigenvalue weighted by Gasteiger charge is 2.66. The van der Waals surface area contributed by atoms with Crippen molar-refractivity contribution >= 4 is 23.4 Å². The van der Waals surface area contributed by atoms with Crippen LogP contribution in [0.25, 0.3) is 0 Å². The first-order valence-electron chi connectivity index (χ1n) is 22.2. The molecular weight excluding hydrogens is 793 g/mol. The monoisotopic (exact) mass is 852 g/mol. The predicted molar refractivity (Wildman–Crippen MR) is 235 cm³/mol. The number of nitrogens with zero attached hydrogens (tertiary/aromatic N) is 2. The Morgan fingerprint density at radius 1 is 0.984 bits per heavy atom. The van der Waals surface area contributed by atoms with E-state index in [2.05, 4.69) is 30.9 Å². The van der Waals surface area contributed by atoms with Gasteiger partial charge in [-0.25, -0.2) is 0 Å². The number of amides is 1. The third kappa shape index (κ3) is 9.48. The number of hydrogen-bond acceptors (Lipinski definition) is 11. The molecule has 0 radical (unpaired) electrons. The second kappa shape index (κ2) is 20.1. The number of benzene rings is 3. The highest BCUT2D eigenvalue weighted by atomic mass is 32.2. The van der Waals surface area contributed by atoms with Crippen LogP contribution < -0.4 is 18.9 Å². The Morgan fingerprint density at radius 2 is 1.77 bits per heavy atom. The van der Waals surface area contributed by atoms with Gasteiger partial charge in [0.15, 0.2) is 11.5 Å². The van der Waals surface area contributed by atoms with Crippen LogP contribution in [-0.4, -0.2) is 84.1 Å². The van der Waals surface area contributed by atoms with Crippen LogP contribution in [0.3, 0.4) is 0 Å². The quantitative estimate of drug-likeness (QED) is 0.0439. The third-order valence-electron chi connectivity index (χ3n) is 12.7. The number of ether oxygens (including phenoxy) is 5. The van der Waals surface area contributed by atoms with Gasteiger partial charge in [-0.15, -0.1) is 18.3 Å². The Kier molecular flexibility index (Phi) is 14.2. The fraction of sp³-hybridized carbons (Fsp3) is 0.510. The fourth-order valence-electron chi connectivity index (χ4n) is 9.86. The van der Waals surface area contributed by atoms with Crippen molar-refractivity contribution in [1.29, 1.82) is 0 Å². The fourth-order valence-corrected chi connectivity index (χ4v) is 10.6. The molecule has 0 unspecified atom stereocenters. The number of aliphatic hydroxyl groups is 2. The molecule has 2 fully saturated rings. The van der Waals surface area contributed by atoms with E-state index in [1.54, 1.807) is 17.8 Å². The van der Waals surface area contributed by atoms with E-state index in [0.717, 1.165) is 72.4 Å². The second-order valence-corrected chi connectivity index (χ2v) is 17.8. The average molecular weight is 853 g/mol. The van der Waals surface area contributed by atoms with Crippen molar-refractivity contribution in [2.45, 2.75) is 93.9 Å². The minimum atomic E-state index is -1.33. The van der Waals surface area contributed by atoms with Gasteiger partial charge in [0.05, 0.1) is 24.8 Å². The van der Waals surface area contributed by atoms with Gasteiger partial charge in [0, 0.05) is 54.2 Å². The molecule has 0 saturated heterocycles. The largest absolute Gasteiger partial charge is 0.493 e. The van der Waals surface area contributed by atoms with Gasteiger partial charge < -0.3 is 43.6 Å². The first-order valence-corrected chi connectivity index (χ1v) is 23.2. The summed E-state index contributed by atoms with van der Waals surface area (Å²) >= 11 is 1.76. The van der Waals surface area contributed by atoms with Crippen molar-refractivity contribution < 1.29 is 43.5 Å². The number of oxime groups is 1. The van der Waals surface area contributed by atoms with Crippen LogP contribution in [0.2, 0.25) is 0 Å². The maximum atomic E-state index is 14.8. The number of allylic oxidation sites excluding steroid dienone is 1. The van der Waals surface area contributed by atoms with Gasteiger partial charge in [-0.2, -0.15) is 0 Å². The number of carbonyl (C=O) groups excluding carboxylic acids is 1. The van der Waals surface area contributed by atoms with Crippen LogP contribution >= 0.6 is 11.8 Å². The predicted octanol–water partition coefficient (Wildman–Crippen LogP) is 8.68. The summed E-state index contributed by atoms with van der Waals surface area (Å²) in [5, 5.41) is 24.7. The molecule has 1 amide bonds. The Balaban J connectivity index is 1.26. The van der Waals surface area contributed by atoms with Crippen LogP contribution in [0.4, 0.5) is 0 Å². The van der Waals surface area contributed by atoms with Crippen LogP contribution in [-0.2, 0) is 20.9 Å². The summed E-state index contributed by atoms with van der Waals surface area (Å²) in [5.41, 5.74) is 3.76. The lowest BCUT2D eigenvalue weighted by Crippen LogP contribution is -2.70. The number of thioether (sulfide) groups is 1. The smallest absolute Gasteiger partial charge is 0.239 e. The second-order valence-electron chi connectivity index (χ2n) is 16.6. The zero-order valence-corrected chi connectivity index (χ0v) is 36.1. The maximum absolute atomic E-state index is 14.8. The molecule has 6 atom stereocenters. The van der Waals surface area contributed by atoms with Crippen molar-refractivity contribution in [1.82, 2.24) is 4.90 Å². The van der Waals surface area contributed by atoms with E-state index < -0.39 is 11.8 Å². The minimum absolute atomic E-state index is 0.0627. The normalized spacial score (nSPS) is 25.2. The summed E-state index contributed by atoms with van der Waals surface area (Å²) in [5.74, 6) is 1.98. The van der Waals surface area contributed by atoms with Crippen LogP contribution in [0.15, 0.2) is 101 Å². The number of unbranched alkanes of at least 4 members (excludes halogenated alkanes) is 2. The topological polar surface area (TPSA) is 129 Å². The van der Waals surface area contributed by atoms with Gasteiger partial charge in [-0.05, 0) is 111 Å². The van der Waals surface area contributed by atoms with Gasteiger partial charge in [0.25, 0.3) is 0 Å². The number of aliphatic hydroxyl groups excluding tert-OH is 2. The minimum Gasteiger partial charge on any atom is -0.493 e. The summed E-state index contributed by atoms with van der Waals surface area (Å²) in [4.78, 5) is 23.9. The number of carbonyl (C=O) groups is 1. The standard InChI is InChI=1S/C49H60N2O9S/c1-3-24-58-49-45(51(48(54)34-17-18-34)31-33-16-20-43-44(27-33)57-32-56-43)30-41(50-59-4-2)39-28-35(12-8-10-22-52)38(15-9-11-23-53)46(47(39)49)40-29-36(19-21-42(40)60-49)55-25-26-61-37-13-6-5-7-14-37/h3,5-7,13-14,16,19-21,27-29,34-35,38,45-47,52-53H,1,4,8-12,15,17-18,22-26,30-32H2,2H3/t35-,38+,45-,46+,47+,49+/m0/s1. The molecule has 3 aliphatic carbocycles. The van der Waals surface area contributed by atoms with Crippen molar-refractivity contribution in [3.05, 3.63) is 102 Å². The Bertz CT molecular complexity index is 2040. The molecular formula is C49H60N2O9S. The van der Waals surface area contributed by atoms with Gasteiger partial charge in [-0.3, -0.25) is 4.79 Å². The van der Waals surface area contributed by atoms with Crippen LogP contribution in [0, 0.1) is 23.7 Å². The molecule has 11 nitrogen and oxygen atoms in total. The van der Waals surface area contributed by atoms with E-state index in [1.807, 2.05) is 60.4 Å². The highest BCUT2D eigenvalue weighted by molar-refractivity contribution is 7.99. The molecule has 3 aromatic carbocycles. The van der Waals surface area contributed by atoms with Crippen molar-refractivity contribution in [2.75, 3.05) is 45.6 Å². The van der Waals surface area contributed by atoms with Crippen molar-refractivity contribution in [3.63, 3.8) is 0 Å². The average Bonchev–Trinajstić information content (AvgIpc) is 4.04. The number of rotatable bonds is 22. The van der Waals surface area contributed by atoms with Gasteiger partial charge in [0.2, 0.25) is 18.5 Å². The summed E-state index contributed by atoms with van der Waals surface area (Å²) < 4.78 is 32.5. The molecule has 2 N–H and O–H groups in total. The molecule has 61 heavy (non-hydrogen) atoms. The molecule has 0 aromatic heterocycles. The Hall–Kier alpha value is -4.49. The lowest BCUT2D eigenvalue weighted by Gasteiger charge is -2.60. The molecule has 0 spiro atoms. The Morgan fingerprint density at radius 3 is 2.54 bits per heavy atom. The van der Waals surface area contributed by atoms with Gasteiger partial charge >= 0.3 is 0 Å². The van der Waals surface area contributed by atoms with Crippen molar-refractivity contribution in [3.8, 4) is 23.0 Å². The summed E-state index contributed by atoms with van der Waals surface area (Å²) in [7, 11) is 0. The number of hydrogen-bond donors (Lipinski definition) is 2. The molecule has 3 aromatic rings. The molecule has 2 saturated carbocycles. The van der Waals surface area contributed by atoms with Crippen molar-refractivity contribution in [2.24, 2.45) is 28.8 Å². The molecule has 8 rings (SSSR count). The van der Waals surface area contributed by atoms with E-state index >= 15 is 0 Å². The number of fused-ring (bicyclic) bond motifs is 3. The molecule has 2 aliphatic heterocycles. The van der Waals surface area contributed by atoms with E-state index in [1.165, 1.54) is 4.90 Å². The summed E-state index contributed by atoms with van der Waals surface area (Å²) in [6.07, 6.45) is 11.0. The molecule has 12 heteroatoms. The molecule has 2 heterocycles. The van der Waals surface area contributed by atoms with Gasteiger partial charge in [-0.1, -0.05) is 54.4 Å². The van der Waals surface area contributed by atoms with Crippen LogP contribution in [0.1, 0.15) is 81.8 Å². The third-order valence-corrected chi connectivity index (χ3v) is 13.7. The Labute approximate surface area is 364 Å². The van der Waals surface area contributed by atoms with E-state index in [0.29, 0.717) is 56.3 Å². The first-order chi connectivity index (χ1) is 30.0. The molecule has 5 aliphatic rings. The SMILES string of the molecule is C=CCO[C@@]12Oc3ccc(OCCSc4ccccc4)cc3[C@H]3[C@H](CCCCO)[C@@H](CCCCO)C=C(C(=NOCC)C[C@@H]1N(Cc1ccc4c(c1)OCO4)C(=O)C1CC1)[C@H]32. The molecule has 326 valence electrons. The molecule has 0 bridgehead atoms. The lowest BCUT2D eigenvalue weighted by molar-refractivity contribution is -0.258. The maximum Gasteiger partial charge on any atom is 0.239 e. The van der Waals surface area contributed by atoms with E-state index in [9.17, 15) is 15.0 Å². The zero-order valence-electron chi connectivity index (χ0n) is 35.3. The van der Waals surface area contributed by atoms with E-state index in [-0.39, 0.29) is 62.1 Å². The highest BCUT2D eigenvalue weighted by Crippen LogP contribution is 2.62. The van der Waals surface area contributed by atoms with Gasteiger partial charge in [0.1, 0.15) is 24.1 Å². The summed E-state index contributed by atoms with van der Waals surface area (Å²) in [6, 6.07) is 21.7. The zero-order chi connectivity index (χ0) is 42.2.